The maximum atomic E-state index is 5.04. The fourth-order valence-electron chi connectivity index (χ4n) is 4.70. The second-order valence-electron chi connectivity index (χ2n) is 8.81. The number of hydrogen-bond donors (Lipinski definition) is 1. The van der Waals surface area contributed by atoms with Gasteiger partial charge in [0.2, 0.25) is 0 Å². The number of benzene rings is 2. The SMILES string of the molecule is CCCCCNc1cc(-c2c(C)cc(C)cc2C)cc(-c2c(C)cc(C)cc2C)n1. The first-order chi connectivity index (χ1) is 14.3. The van der Waals surface area contributed by atoms with Gasteiger partial charge in [-0.15, -0.1) is 0 Å². The van der Waals surface area contributed by atoms with E-state index in [4.69, 9.17) is 4.98 Å². The van der Waals surface area contributed by atoms with Crippen LogP contribution in [0.25, 0.3) is 22.4 Å². The molecule has 1 aromatic heterocycles. The van der Waals surface area contributed by atoms with Gasteiger partial charge in [0.05, 0.1) is 5.69 Å². The van der Waals surface area contributed by atoms with E-state index < -0.39 is 0 Å². The van der Waals surface area contributed by atoms with Crippen LogP contribution in [0.2, 0.25) is 0 Å². The summed E-state index contributed by atoms with van der Waals surface area (Å²) >= 11 is 0. The lowest BCUT2D eigenvalue weighted by atomic mass is 9.91. The number of anilines is 1. The van der Waals surface area contributed by atoms with E-state index in [-0.39, 0.29) is 0 Å². The Balaban J connectivity index is 2.15. The predicted molar refractivity (Wildman–Crippen MR) is 132 cm³/mol. The molecule has 1 N–H and O–H groups in total. The molecule has 0 radical (unpaired) electrons. The molecule has 3 rings (SSSR count). The zero-order valence-corrected chi connectivity index (χ0v) is 19.7. The summed E-state index contributed by atoms with van der Waals surface area (Å²) in [7, 11) is 0. The molecule has 2 aromatic carbocycles. The molecule has 0 unspecified atom stereocenters. The number of aromatic nitrogens is 1. The van der Waals surface area contributed by atoms with Crippen LogP contribution < -0.4 is 5.32 Å². The fourth-order valence-corrected chi connectivity index (χ4v) is 4.70. The third-order valence-corrected chi connectivity index (χ3v) is 5.81. The van der Waals surface area contributed by atoms with Gasteiger partial charge in [-0.25, -0.2) is 4.98 Å². The first-order valence-electron chi connectivity index (χ1n) is 11.2. The Morgan fingerprint density at radius 1 is 0.667 bits per heavy atom. The van der Waals surface area contributed by atoms with Crippen LogP contribution in [0.3, 0.4) is 0 Å². The summed E-state index contributed by atoms with van der Waals surface area (Å²) < 4.78 is 0. The van der Waals surface area contributed by atoms with Crippen LogP contribution in [0.5, 0.6) is 0 Å². The van der Waals surface area contributed by atoms with Crippen LogP contribution in [0.1, 0.15) is 59.6 Å². The second-order valence-corrected chi connectivity index (χ2v) is 8.81. The van der Waals surface area contributed by atoms with E-state index in [1.807, 2.05) is 0 Å². The van der Waals surface area contributed by atoms with Crippen molar-refractivity contribution in [3.8, 4) is 22.4 Å². The summed E-state index contributed by atoms with van der Waals surface area (Å²) in [6, 6.07) is 13.6. The minimum atomic E-state index is 0.960. The zero-order valence-electron chi connectivity index (χ0n) is 19.7. The van der Waals surface area contributed by atoms with Crippen molar-refractivity contribution in [3.05, 3.63) is 69.8 Å². The van der Waals surface area contributed by atoms with Gasteiger partial charge in [0.15, 0.2) is 0 Å². The van der Waals surface area contributed by atoms with Gasteiger partial charge in [-0.1, -0.05) is 55.2 Å². The van der Waals surface area contributed by atoms with Crippen LogP contribution in [-0.2, 0) is 0 Å². The molecule has 1 heterocycles. The predicted octanol–water partition coefficient (Wildman–Crippen LogP) is 7.87. The highest BCUT2D eigenvalue weighted by molar-refractivity contribution is 5.79. The van der Waals surface area contributed by atoms with Gasteiger partial charge < -0.3 is 5.32 Å². The van der Waals surface area contributed by atoms with Crippen LogP contribution in [0.4, 0.5) is 5.82 Å². The summed E-state index contributed by atoms with van der Waals surface area (Å²) in [6.45, 7) is 16.3. The average molecular weight is 401 g/mol. The summed E-state index contributed by atoms with van der Waals surface area (Å²) in [5.74, 6) is 0.970. The number of rotatable bonds is 7. The Bertz CT molecular complexity index is 925. The molecular formula is C28H36N2. The first-order valence-corrected chi connectivity index (χ1v) is 11.2. The minimum absolute atomic E-state index is 0.960. The van der Waals surface area contributed by atoms with E-state index in [1.54, 1.807) is 0 Å². The Kier molecular flexibility index (Phi) is 6.97. The second kappa shape index (κ2) is 9.47. The third-order valence-electron chi connectivity index (χ3n) is 5.81. The lowest BCUT2D eigenvalue weighted by molar-refractivity contribution is 0.742. The molecule has 0 saturated heterocycles. The molecule has 158 valence electrons. The van der Waals surface area contributed by atoms with Crippen LogP contribution in [0, 0.1) is 41.5 Å². The Morgan fingerprint density at radius 2 is 1.20 bits per heavy atom. The van der Waals surface area contributed by atoms with Crippen LogP contribution in [0.15, 0.2) is 36.4 Å². The smallest absolute Gasteiger partial charge is 0.127 e. The molecular weight excluding hydrogens is 364 g/mol. The molecule has 30 heavy (non-hydrogen) atoms. The van der Waals surface area contributed by atoms with Crippen LogP contribution in [-0.4, -0.2) is 11.5 Å². The van der Waals surface area contributed by atoms with Crippen molar-refractivity contribution < 1.29 is 0 Å². The maximum absolute atomic E-state index is 5.04. The molecule has 0 atom stereocenters. The van der Waals surface area contributed by atoms with Crippen molar-refractivity contribution >= 4 is 5.82 Å². The number of pyridine rings is 1. The molecule has 0 bridgehead atoms. The molecule has 0 amide bonds. The molecule has 2 heteroatoms. The quantitative estimate of drug-likeness (QED) is 0.408. The highest BCUT2D eigenvalue weighted by Crippen LogP contribution is 2.35. The van der Waals surface area contributed by atoms with Crippen molar-refractivity contribution in [2.45, 2.75) is 67.7 Å². The molecule has 2 nitrogen and oxygen atoms in total. The van der Waals surface area contributed by atoms with Gasteiger partial charge >= 0.3 is 0 Å². The standard InChI is InChI=1S/C28H36N2/c1-8-9-10-11-29-26-17-24(27-20(4)12-18(2)13-21(27)5)16-25(30-26)28-22(6)14-19(3)15-23(28)7/h12-17H,8-11H2,1-7H3,(H,29,30). The Morgan fingerprint density at radius 3 is 1.73 bits per heavy atom. The number of unbranched alkanes of at least 4 members (excludes halogenated alkanes) is 2. The van der Waals surface area contributed by atoms with Crippen molar-refractivity contribution in [2.75, 3.05) is 11.9 Å². The number of nitrogens with one attached hydrogen (secondary N) is 1. The summed E-state index contributed by atoms with van der Waals surface area (Å²) in [4.78, 5) is 5.04. The summed E-state index contributed by atoms with van der Waals surface area (Å²) in [6.07, 6.45) is 3.64. The lowest BCUT2D eigenvalue weighted by Crippen LogP contribution is -2.05. The number of nitrogens with zero attached hydrogens (tertiary/aromatic N) is 1. The number of aryl methyl sites for hydroxylation is 6. The first kappa shape index (κ1) is 22.1. The van der Waals surface area contributed by atoms with E-state index in [0.717, 1.165) is 18.1 Å². The molecule has 0 fully saturated rings. The number of hydrogen-bond acceptors (Lipinski definition) is 2. The van der Waals surface area contributed by atoms with Gasteiger partial charge in [0, 0.05) is 12.1 Å². The van der Waals surface area contributed by atoms with E-state index in [9.17, 15) is 0 Å². The third kappa shape index (κ3) is 4.92. The van der Waals surface area contributed by atoms with Crippen molar-refractivity contribution in [2.24, 2.45) is 0 Å². The highest BCUT2D eigenvalue weighted by Gasteiger charge is 2.14. The van der Waals surface area contributed by atoms with Gasteiger partial charge in [-0.05, 0) is 93.5 Å². The van der Waals surface area contributed by atoms with Crippen LogP contribution >= 0.6 is 0 Å². The topological polar surface area (TPSA) is 24.9 Å². The lowest BCUT2D eigenvalue weighted by Gasteiger charge is -2.17. The molecule has 0 aliphatic carbocycles. The molecule has 0 saturated carbocycles. The van der Waals surface area contributed by atoms with E-state index in [1.165, 1.54) is 69.3 Å². The highest BCUT2D eigenvalue weighted by atomic mass is 15.0. The van der Waals surface area contributed by atoms with Crippen molar-refractivity contribution in [1.82, 2.24) is 4.98 Å². The van der Waals surface area contributed by atoms with Gasteiger partial charge in [0.25, 0.3) is 0 Å². The van der Waals surface area contributed by atoms with Gasteiger partial charge in [0.1, 0.15) is 5.82 Å². The summed E-state index contributed by atoms with van der Waals surface area (Å²) in [5.41, 5.74) is 12.7. The average Bonchev–Trinajstić information content (AvgIpc) is 2.63. The van der Waals surface area contributed by atoms with E-state index >= 15 is 0 Å². The van der Waals surface area contributed by atoms with Gasteiger partial charge in [-0.3, -0.25) is 0 Å². The van der Waals surface area contributed by atoms with E-state index in [0.29, 0.717) is 0 Å². The van der Waals surface area contributed by atoms with Gasteiger partial charge in [-0.2, -0.15) is 0 Å². The normalized spacial score (nSPS) is 11.0. The monoisotopic (exact) mass is 400 g/mol. The minimum Gasteiger partial charge on any atom is -0.370 e. The van der Waals surface area contributed by atoms with Crippen molar-refractivity contribution in [1.29, 1.82) is 0 Å². The maximum Gasteiger partial charge on any atom is 0.127 e. The molecule has 0 aliphatic rings. The summed E-state index contributed by atoms with van der Waals surface area (Å²) in [5, 5.41) is 3.59. The van der Waals surface area contributed by atoms with E-state index in [2.05, 4.69) is 90.2 Å². The molecule has 0 aliphatic heterocycles. The Hall–Kier alpha value is -2.61. The fraction of sp³-hybridized carbons (Fsp3) is 0.393. The Labute approximate surface area is 182 Å². The largest absolute Gasteiger partial charge is 0.370 e. The zero-order chi connectivity index (χ0) is 21.8. The molecule has 3 aromatic rings. The van der Waals surface area contributed by atoms with Crippen molar-refractivity contribution in [3.63, 3.8) is 0 Å². The molecule has 0 spiro atoms.